The average Bonchev–Trinajstić information content (AvgIpc) is 3.42. The van der Waals surface area contributed by atoms with Gasteiger partial charge in [0, 0.05) is 40.8 Å². The molecule has 0 radical (unpaired) electrons. The summed E-state index contributed by atoms with van der Waals surface area (Å²) in [7, 11) is 0. The second-order valence-electron chi connectivity index (χ2n) is 16.7. The van der Waals surface area contributed by atoms with Crippen LogP contribution in [-0.2, 0) is 77.8 Å². The number of hydrogen-bond donors (Lipinski definition) is 2. The van der Waals surface area contributed by atoms with E-state index in [1.54, 1.807) is 6.07 Å². The number of aryl methyl sites for hydroxylation is 1. The van der Waals surface area contributed by atoms with Crippen molar-refractivity contribution < 1.29 is 91.2 Å². The van der Waals surface area contributed by atoms with E-state index in [0.717, 1.165) is 48.5 Å². The lowest BCUT2D eigenvalue weighted by molar-refractivity contribution is -0.386. The number of aliphatic hydroxyl groups is 2. The maximum Gasteiger partial charge on any atom is 0.340 e. The Bertz CT molecular complexity index is 2190. The largest absolute Gasteiger partial charge is 0.465 e. The third kappa shape index (κ3) is 7.99. The molecule has 4 bridgehead atoms. The van der Waals surface area contributed by atoms with E-state index >= 15 is 0 Å². The van der Waals surface area contributed by atoms with E-state index in [-0.39, 0.29) is 23.2 Å². The van der Waals surface area contributed by atoms with E-state index in [9.17, 15) is 48.6 Å². The first-order chi connectivity index (χ1) is 29.4. The van der Waals surface area contributed by atoms with Crippen molar-refractivity contribution in [3.63, 3.8) is 0 Å². The molecule has 0 unspecified atom stereocenters. The normalized spacial score (nSPS) is 35.8. The molecule has 1 spiro atoms. The Morgan fingerprint density at radius 3 is 1.92 bits per heavy atom. The molecule has 1 aromatic heterocycles. The molecule has 3 heterocycles. The molecule has 3 fully saturated rings. The molecule has 20 nitrogen and oxygen atoms in total. The van der Waals surface area contributed by atoms with Crippen LogP contribution in [0.2, 0.25) is 0 Å². The van der Waals surface area contributed by atoms with Crippen LogP contribution in [0.4, 0.5) is 0 Å². The van der Waals surface area contributed by atoms with Crippen LogP contribution in [0.1, 0.15) is 88.2 Å². The topological polar surface area (TPSA) is 273 Å². The first kappa shape index (κ1) is 46.5. The monoisotopic (exact) mass is 883 g/mol. The van der Waals surface area contributed by atoms with Crippen LogP contribution >= 0.6 is 0 Å². The summed E-state index contributed by atoms with van der Waals surface area (Å²) in [6.07, 6.45) is -12.0. The minimum absolute atomic E-state index is 0.0847. The van der Waals surface area contributed by atoms with Crippen molar-refractivity contribution in [3.05, 3.63) is 65.5 Å². The van der Waals surface area contributed by atoms with Gasteiger partial charge in [0.25, 0.3) is 0 Å². The number of carbonyl (C=O) groups excluding carboxylic acids is 8. The van der Waals surface area contributed by atoms with Gasteiger partial charge in [-0.25, -0.2) is 14.4 Å². The van der Waals surface area contributed by atoms with Gasteiger partial charge >= 0.3 is 47.8 Å². The quantitative estimate of drug-likeness (QED) is 0.279. The summed E-state index contributed by atoms with van der Waals surface area (Å²) in [5, 5.41) is 25.4. The third-order valence-electron chi connectivity index (χ3n) is 12.2. The van der Waals surface area contributed by atoms with Crippen molar-refractivity contribution >= 4 is 47.8 Å². The van der Waals surface area contributed by atoms with Gasteiger partial charge in [-0.05, 0) is 57.9 Å². The molecule has 2 aromatic rings. The molecule has 2 aliphatic carbocycles. The van der Waals surface area contributed by atoms with Crippen molar-refractivity contribution in [1.29, 1.82) is 0 Å². The second-order valence-corrected chi connectivity index (χ2v) is 16.7. The maximum absolute atomic E-state index is 14.5. The summed E-state index contributed by atoms with van der Waals surface area (Å²) in [6.45, 7) is 6.37. The van der Waals surface area contributed by atoms with Crippen LogP contribution in [-0.4, -0.2) is 135 Å². The van der Waals surface area contributed by atoms with Crippen molar-refractivity contribution in [3.8, 4) is 0 Å². The Balaban J connectivity index is 1.79. The first-order valence-electron chi connectivity index (χ1n) is 20.0. The van der Waals surface area contributed by atoms with Crippen molar-refractivity contribution in [2.45, 2.75) is 127 Å². The molecule has 1 saturated heterocycles. The summed E-state index contributed by atoms with van der Waals surface area (Å²) in [6, 6.07) is 10.1. The van der Waals surface area contributed by atoms with Crippen molar-refractivity contribution in [2.75, 3.05) is 13.2 Å². The van der Waals surface area contributed by atoms with Crippen LogP contribution in [0.5, 0.6) is 0 Å². The molecule has 63 heavy (non-hydrogen) atoms. The molecule has 4 aliphatic rings. The zero-order valence-corrected chi connectivity index (χ0v) is 35.8. The van der Waals surface area contributed by atoms with Gasteiger partial charge in [0.2, 0.25) is 0 Å². The van der Waals surface area contributed by atoms with Gasteiger partial charge in [-0.3, -0.25) is 29.0 Å². The Morgan fingerprint density at radius 2 is 1.33 bits per heavy atom. The highest BCUT2D eigenvalue weighted by atomic mass is 16.7. The van der Waals surface area contributed by atoms with Gasteiger partial charge in [0.05, 0.1) is 22.7 Å². The van der Waals surface area contributed by atoms with Gasteiger partial charge in [0.15, 0.2) is 35.6 Å². The van der Waals surface area contributed by atoms with Crippen LogP contribution in [0.25, 0.3) is 0 Å². The Morgan fingerprint density at radius 1 is 0.746 bits per heavy atom. The fourth-order valence-corrected chi connectivity index (χ4v) is 9.73. The summed E-state index contributed by atoms with van der Waals surface area (Å²) < 4.78 is 54.9. The van der Waals surface area contributed by atoms with E-state index in [1.165, 1.54) is 49.5 Å². The zero-order chi connectivity index (χ0) is 46.4. The van der Waals surface area contributed by atoms with Gasteiger partial charge in [-0.15, -0.1) is 0 Å². The Labute approximate surface area is 360 Å². The number of ether oxygens (including phenoxy) is 9. The predicted octanol–water partition coefficient (Wildman–Crippen LogP) is 1.27. The lowest BCUT2D eigenvalue weighted by atomic mass is 9.45. The van der Waals surface area contributed by atoms with Crippen molar-refractivity contribution in [2.24, 2.45) is 11.3 Å². The first-order valence-corrected chi connectivity index (χ1v) is 20.0. The molecule has 1 aromatic carbocycles. The SMILES string of the molecule is CC(=O)OC[C@]12[C@H](OC(C)=O)[C@H](OC(C)=O)[C@H]3[C@@H](OC(C)=O)[C@@]14O[C@]3(C)COC(=O)c1cccnc1CC[C@@](C)(O)C(=O)O[C@@H]([C@H](OC(=O)c1ccccc1)[C@@H]2OC(C)=O)[C@@]4(C)O. The van der Waals surface area contributed by atoms with Crippen molar-refractivity contribution in [1.82, 2.24) is 4.98 Å². The molecule has 2 saturated carbocycles. The van der Waals surface area contributed by atoms with E-state index in [1.807, 2.05) is 0 Å². The average molecular weight is 884 g/mol. The fourth-order valence-electron chi connectivity index (χ4n) is 9.73. The van der Waals surface area contributed by atoms with Crippen LogP contribution in [0.15, 0.2) is 48.7 Å². The lowest BCUT2D eigenvalue weighted by Gasteiger charge is -2.67. The molecule has 12 atom stereocenters. The summed E-state index contributed by atoms with van der Waals surface area (Å²) >= 11 is 0. The van der Waals surface area contributed by atoms with E-state index in [0.29, 0.717) is 0 Å². The highest BCUT2D eigenvalue weighted by Crippen LogP contribution is 2.70. The number of hydrogen-bond acceptors (Lipinski definition) is 20. The molecule has 0 amide bonds. The van der Waals surface area contributed by atoms with Gasteiger partial charge in [-0.1, -0.05) is 18.2 Å². The third-order valence-corrected chi connectivity index (χ3v) is 12.2. The van der Waals surface area contributed by atoms with Crippen LogP contribution in [0.3, 0.4) is 0 Å². The highest BCUT2D eigenvalue weighted by molar-refractivity contribution is 5.91. The number of fused-ring (bicyclic) bond motifs is 5. The number of aromatic nitrogens is 1. The minimum atomic E-state index is -2.98. The van der Waals surface area contributed by atoms with Gasteiger partial charge in [0.1, 0.15) is 42.0 Å². The molecule has 2 aliphatic heterocycles. The maximum atomic E-state index is 14.5. The predicted molar refractivity (Wildman–Crippen MR) is 207 cm³/mol. The number of pyridine rings is 1. The van der Waals surface area contributed by atoms with E-state index in [4.69, 9.17) is 42.6 Å². The second kappa shape index (κ2) is 16.9. The Hall–Kier alpha value is -5.99. The van der Waals surface area contributed by atoms with Gasteiger partial charge < -0.3 is 52.8 Å². The van der Waals surface area contributed by atoms with Gasteiger partial charge in [-0.2, -0.15) is 0 Å². The van der Waals surface area contributed by atoms with E-state index < -0.39 is 138 Å². The number of benzene rings is 1. The lowest BCUT2D eigenvalue weighted by Crippen LogP contribution is -2.89. The zero-order valence-electron chi connectivity index (χ0n) is 35.8. The van der Waals surface area contributed by atoms with Crippen LogP contribution in [0, 0.1) is 11.3 Å². The molecular weight excluding hydrogens is 834 g/mol. The number of carbonyl (C=O) groups is 8. The minimum Gasteiger partial charge on any atom is -0.465 e. The smallest absolute Gasteiger partial charge is 0.340 e. The fraction of sp³-hybridized carbons (Fsp3) is 0.558. The molecule has 2 N–H and O–H groups in total. The Kier molecular flexibility index (Phi) is 12.5. The highest BCUT2D eigenvalue weighted by Gasteiger charge is 2.92. The number of nitrogens with zero attached hydrogens (tertiary/aromatic N) is 1. The molecule has 340 valence electrons. The number of esters is 8. The number of rotatable bonds is 8. The summed E-state index contributed by atoms with van der Waals surface area (Å²) in [5.74, 6) is -10.5. The molecule has 20 heteroatoms. The van der Waals surface area contributed by atoms with Crippen LogP contribution < -0.4 is 0 Å². The standard InChI is InChI=1S/C43H49NO19/c1-21(45)55-20-42-34(59-24(4)48)30(57-22(2)46)29-32(58-23(3)47)43(42)41(8,54)33(31(35(42)60-25(5)49)61-36(50)26-13-10-9-11-14-26)62-38(52)39(6,53)17-16-28-27(15-12-18-44-28)37(51)56-19-40(29,7)63-43/h9-15,18,29-35,53-54H,16-17,19-20H2,1-8H3/t29-,30+,31-,32+,33-,34+,35-,39+,40+,41+,42+,43-/m0/s1. The summed E-state index contributed by atoms with van der Waals surface area (Å²) in [4.78, 5) is 113. The summed E-state index contributed by atoms with van der Waals surface area (Å²) in [5.41, 5.74) is -13.3. The molecule has 6 rings (SSSR count). The molecular formula is C43H49NO19. The number of cyclic esters (lactones) is 1. The van der Waals surface area contributed by atoms with E-state index in [2.05, 4.69) is 4.98 Å².